The van der Waals surface area contributed by atoms with Gasteiger partial charge in [0.1, 0.15) is 0 Å². The molecule has 1 amide bonds. The summed E-state index contributed by atoms with van der Waals surface area (Å²) in [6.45, 7) is 2.34. The Balaban J connectivity index is 1.88. The molecule has 1 fully saturated rings. The van der Waals surface area contributed by atoms with Crippen LogP contribution in [0.15, 0.2) is 24.3 Å². The number of benzene rings is 1. The van der Waals surface area contributed by atoms with Gasteiger partial charge in [0.15, 0.2) is 0 Å². The number of carboxylic acid groups (broad SMARTS) is 1. The van der Waals surface area contributed by atoms with Crippen LogP contribution >= 0.6 is 0 Å². The fourth-order valence-corrected chi connectivity index (χ4v) is 2.81. The number of anilines is 1. The maximum Gasteiger partial charge on any atom is 0.307 e. The van der Waals surface area contributed by atoms with E-state index in [0.717, 1.165) is 19.4 Å². The van der Waals surface area contributed by atoms with Gasteiger partial charge in [-0.3, -0.25) is 9.59 Å². The molecule has 122 valence electrons. The zero-order chi connectivity index (χ0) is 16.7. The first-order valence-electron chi connectivity index (χ1n) is 7.79. The van der Waals surface area contributed by atoms with Gasteiger partial charge in [-0.25, -0.2) is 0 Å². The third-order valence-electron chi connectivity index (χ3n) is 3.99. The Morgan fingerprint density at radius 1 is 1.35 bits per heavy atom. The standard InChI is InChI=1S/C17H21N3O3/c18-8-2-10-20-9-1-3-14(12-20)17(23)19-15-6-4-13(5-7-15)11-16(21)22/h4-7,14H,1-3,9-12H2,(H,19,23)(H,21,22). The molecule has 0 saturated carbocycles. The van der Waals surface area contributed by atoms with Gasteiger partial charge in [0, 0.05) is 25.2 Å². The predicted molar refractivity (Wildman–Crippen MR) is 85.8 cm³/mol. The summed E-state index contributed by atoms with van der Waals surface area (Å²) in [6.07, 6.45) is 2.27. The Labute approximate surface area is 135 Å². The van der Waals surface area contributed by atoms with Crippen LogP contribution in [0.5, 0.6) is 0 Å². The number of piperidine rings is 1. The molecule has 1 saturated heterocycles. The number of hydrogen-bond acceptors (Lipinski definition) is 4. The number of rotatable bonds is 6. The van der Waals surface area contributed by atoms with Crippen LogP contribution in [0.1, 0.15) is 24.8 Å². The summed E-state index contributed by atoms with van der Waals surface area (Å²) in [5.41, 5.74) is 1.38. The van der Waals surface area contributed by atoms with E-state index in [4.69, 9.17) is 10.4 Å². The highest BCUT2D eigenvalue weighted by Crippen LogP contribution is 2.19. The second-order valence-electron chi connectivity index (χ2n) is 5.80. The number of carboxylic acids is 1. The molecule has 1 aliphatic heterocycles. The lowest BCUT2D eigenvalue weighted by molar-refractivity contribution is -0.136. The first kappa shape index (κ1) is 17.0. The van der Waals surface area contributed by atoms with Crippen LogP contribution < -0.4 is 5.32 Å². The molecule has 0 bridgehead atoms. The molecule has 0 radical (unpaired) electrons. The lowest BCUT2D eigenvalue weighted by atomic mass is 9.97. The zero-order valence-corrected chi connectivity index (χ0v) is 13.0. The van der Waals surface area contributed by atoms with Gasteiger partial charge >= 0.3 is 5.97 Å². The van der Waals surface area contributed by atoms with Crippen molar-refractivity contribution in [2.24, 2.45) is 5.92 Å². The van der Waals surface area contributed by atoms with Crippen molar-refractivity contribution in [3.8, 4) is 6.07 Å². The largest absolute Gasteiger partial charge is 0.481 e. The van der Waals surface area contributed by atoms with Gasteiger partial charge in [-0.05, 0) is 37.1 Å². The number of carbonyl (C=O) groups excluding carboxylic acids is 1. The van der Waals surface area contributed by atoms with E-state index < -0.39 is 5.97 Å². The topological polar surface area (TPSA) is 93.4 Å². The number of amides is 1. The summed E-state index contributed by atoms with van der Waals surface area (Å²) in [5.74, 6) is -0.958. The molecular weight excluding hydrogens is 294 g/mol. The summed E-state index contributed by atoms with van der Waals surface area (Å²) < 4.78 is 0. The summed E-state index contributed by atoms with van der Waals surface area (Å²) in [5, 5.41) is 20.3. The molecule has 1 heterocycles. The van der Waals surface area contributed by atoms with E-state index in [1.165, 1.54) is 0 Å². The minimum absolute atomic E-state index is 0.0161. The summed E-state index contributed by atoms with van der Waals surface area (Å²) in [4.78, 5) is 25.2. The Kier molecular flexibility index (Phi) is 6.12. The molecule has 1 aromatic rings. The van der Waals surface area contributed by atoms with Crippen LogP contribution in [0, 0.1) is 17.2 Å². The van der Waals surface area contributed by atoms with E-state index in [9.17, 15) is 9.59 Å². The molecule has 1 aliphatic rings. The predicted octanol–water partition coefficient (Wildman–Crippen LogP) is 1.88. The highest BCUT2D eigenvalue weighted by atomic mass is 16.4. The molecule has 2 N–H and O–H groups in total. The van der Waals surface area contributed by atoms with Gasteiger partial charge in [-0.15, -0.1) is 0 Å². The van der Waals surface area contributed by atoms with Crippen LogP contribution in [0.2, 0.25) is 0 Å². The van der Waals surface area contributed by atoms with Crippen molar-refractivity contribution >= 4 is 17.6 Å². The van der Waals surface area contributed by atoms with Gasteiger partial charge in [0.05, 0.1) is 18.4 Å². The molecule has 6 heteroatoms. The Bertz CT molecular complexity index is 592. The number of nitrogens with zero attached hydrogens (tertiary/aromatic N) is 2. The molecule has 23 heavy (non-hydrogen) atoms. The van der Waals surface area contributed by atoms with Crippen molar-refractivity contribution in [3.63, 3.8) is 0 Å². The average molecular weight is 315 g/mol. The first-order chi connectivity index (χ1) is 11.1. The van der Waals surface area contributed by atoms with Crippen LogP contribution in [-0.2, 0) is 16.0 Å². The van der Waals surface area contributed by atoms with E-state index in [0.29, 0.717) is 30.8 Å². The quantitative estimate of drug-likeness (QED) is 0.836. The zero-order valence-electron chi connectivity index (χ0n) is 13.0. The molecule has 2 rings (SSSR count). The van der Waals surface area contributed by atoms with Gasteiger partial charge in [-0.1, -0.05) is 12.1 Å². The Morgan fingerprint density at radius 3 is 2.74 bits per heavy atom. The molecule has 1 unspecified atom stereocenters. The van der Waals surface area contributed by atoms with E-state index in [-0.39, 0.29) is 18.2 Å². The fraction of sp³-hybridized carbons (Fsp3) is 0.471. The Hall–Kier alpha value is -2.39. The van der Waals surface area contributed by atoms with Crippen LogP contribution in [0.3, 0.4) is 0 Å². The number of nitriles is 1. The summed E-state index contributed by atoms with van der Waals surface area (Å²) >= 11 is 0. The van der Waals surface area contributed by atoms with Gasteiger partial charge in [0.2, 0.25) is 5.91 Å². The van der Waals surface area contributed by atoms with Crippen molar-refractivity contribution in [2.75, 3.05) is 25.0 Å². The molecule has 0 spiro atoms. The highest BCUT2D eigenvalue weighted by Gasteiger charge is 2.25. The van der Waals surface area contributed by atoms with Crippen LogP contribution in [-0.4, -0.2) is 41.5 Å². The smallest absolute Gasteiger partial charge is 0.307 e. The number of nitrogens with one attached hydrogen (secondary N) is 1. The third kappa shape index (κ3) is 5.38. The Morgan fingerprint density at radius 2 is 2.09 bits per heavy atom. The molecule has 0 aliphatic carbocycles. The van der Waals surface area contributed by atoms with E-state index in [1.54, 1.807) is 24.3 Å². The number of carbonyl (C=O) groups is 2. The number of hydrogen-bond donors (Lipinski definition) is 2. The lowest BCUT2D eigenvalue weighted by Gasteiger charge is -2.31. The average Bonchev–Trinajstić information content (AvgIpc) is 2.54. The van der Waals surface area contributed by atoms with E-state index >= 15 is 0 Å². The number of aliphatic carboxylic acids is 1. The van der Waals surface area contributed by atoms with Crippen LogP contribution in [0.25, 0.3) is 0 Å². The molecule has 0 aromatic heterocycles. The summed E-state index contributed by atoms with van der Waals surface area (Å²) in [7, 11) is 0. The van der Waals surface area contributed by atoms with Gasteiger partial charge in [-0.2, -0.15) is 5.26 Å². The normalized spacial score (nSPS) is 18.1. The van der Waals surface area contributed by atoms with Crippen molar-refractivity contribution in [1.29, 1.82) is 5.26 Å². The second kappa shape index (κ2) is 8.30. The molecule has 1 aromatic carbocycles. The first-order valence-corrected chi connectivity index (χ1v) is 7.79. The summed E-state index contributed by atoms with van der Waals surface area (Å²) in [6, 6.07) is 9.02. The van der Waals surface area contributed by atoms with E-state index in [2.05, 4.69) is 16.3 Å². The minimum Gasteiger partial charge on any atom is -0.481 e. The van der Waals surface area contributed by atoms with Gasteiger partial charge in [0.25, 0.3) is 0 Å². The van der Waals surface area contributed by atoms with Crippen molar-refractivity contribution in [3.05, 3.63) is 29.8 Å². The van der Waals surface area contributed by atoms with Crippen LogP contribution in [0.4, 0.5) is 5.69 Å². The van der Waals surface area contributed by atoms with E-state index in [1.807, 2.05) is 0 Å². The molecular formula is C17H21N3O3. The third-order valence-corrected chi connectivity index (χ3v) is 3.99. The fourth-order valence-electron chi connectivity index (χ4n) is 2.81. The second-order valence-corrected chi connectivity index (χ2v) is 5.80. The lowest BCUT2D eigenvalue weighted by Crippen LogP contribution is -2.41. The van der Waals surface area contributed by atoms with Crippen molar-refractivity contribution in [1.82, 2.24) is 4.90 Å². The SMILES string of the molecule is N#CCCN1CCCC(C(=O)Nc2ccc(CC(=O)O)cc2)C1. The maximum atomic E-state index is 12.4. The highest BCUT2D eigenvalue weighted by molar-refractivity contribution is 5.92. The maximum absolute atomic E-state index is 12.4. The minimum atomic E-state index is -0.874. The monoisotopic (exact) mass is 315 g/mol. The number of likely N-dealkylation sites (tertiary alicyclic amines) is 1. The molecule has 6 nitrogen and oxygen atoms in total. The van der Waals surface area contributed by atoms with Gasteiger partial charge < -0.3 is 15.3 Å². The molecule has 1 atom stereocenters. The van der Waals surface area contributed by atoms with Crippen molar-refractivity contribution in [2.45, 2.75) is 25.7 Å². The van der Waals surface area contributed by atoms with Crippen molar-refractivity contribution < 1.29 is 14.7 Å².